The van der Waals surface area contributed by atoms with Crippen LogP contribution in [0, 0.1) is 6.92 Å². The number of aryl methyl sites for hydroxylation is 1. The van der Waals surface area contributed by atoms with Gasteiger partial charge in [-0.1, -0.05) is 6.07 Å². The van der Waals surface area contributed by atoms with E-state index in [0.717, 1.165) is 11.3 Å². The molecule has 0 aliphatic heterocycles. The fraction of sp³-hybridized carbons (Fsp3) is 0.400. The first-order valence-electron chi connectivity index (χ1n) is 4.38. The van der Waals surface area contributed by atoms with E-state index in [1.54, 1.807) is 6.20 Å². The number of aliphatic carboxylic acids is 1. The largest absolute Gasteiger partial charge is 0.481 e. The third-order valence-corrected chi connectivity index (χ3v) is 2.38. The van der Waals surface area contributed by atoms with Gasteiger partial charge < -0.3 is 5.11 Å². The maximum Gasteiger partial charge on any atom is 0.303 e. The van der Waals surface area contributed by atoms with Crippen LogP contribution in [0.1, 0.15) is 29.5 Å². The smallest absolute Gasteiger partial charge is 0.303 e. The van der Waals surface area contributed by atoms with Crippen LogP contribution in [0.3, 0.4) is 0 Å². The van der Waals surface area contributed by atoms with Crippen LogP contribution in [0.5, 0.6) is 0 Å². The van der Waals surface area contributed by atoms with Gasteiger partial charge in [-0.05, 0) is 25.0 Å². The van der Waals surface area contributed by atoms with E-state index in [-0.39, 0.29) is 11.8 Å². The van der Waals surface area contributed by atoms with Gasteiger partial charge in [-0.2, -0.15) is 0 Å². The van der Waals surface area contributed by atoms with Gasteiger partial charge >= 0.3 is 5.97 Å². The first-order valence-corrected chi connectivity index (χ1v) is 4.81. The number of carboxylic acid groups (broad SMARTS) is 1. The minimum Gasteiger partial charge on any atom is -0.481 e. The third kappa shape index (κ3) is 3.34. The first-order chi connectivity index (χ1) is 6.59. The average molecular weight is 214 g/mol. The summed E-state index contributed by atoms with van der Waals surface area (Å²) in [5.41, 5.74) is 1.80. The molecule has 0 fully saturated rings. The third-order valence-electron chi connectivity index (χ3n) is 1.91. The molecular weight excluding hydrogens is 202 g/mol. The Kier molecular flexibility index (Phi) is 3.89. The number of hydrogen-bond acceptors (Lipinski definition) is 2. The monoisotopic (exact) mass is 213 g/mol. The summed E-state index contributed by atoms with van der Waals surface area (Å²) in [5.74, 6) is -0.823. The van der Waals surface area contributed by atoms with Crippen molar-refractivity contribution < 1.29 is 9.90 Å². The van der Waals surface area contributed by atoms with Gasteiger partial charge in [0.25, 0.3) is 0 Å². The molecule has 1 heterocycles. The topological polar surface area (TPSA) is 50.2 Å². The zero-order chi connectivity index (χ0) is 10.6. The Hall–Kier alpha value is -1.09. The Balaban J connectivity index is 2.56. The van der Waals surface area contributed by atoms with Crippen LogP contribution in [0.2, 0.25) is 0 Å². The summed E-state index contributed by atoms with van der Waals surface area (Å²) >= 11 is 6.00. The molecule has 0 aliphatic rings. The molecule has 1 atom stereocenters. The summed E-state index contributed by atoms with van der Waals surface area (Å²) in [5, 5.41) is 8.21. The Morgan fingerprint density at radius 2 is 2.36 bits per heavy atom. The van der Waals surface area contributed by atoms with Crippen molar-refractivity contribution in [2.75, 3.05) is 0 Å². The zero-order valence-electron chi connectivity index (χ0n) is 7.90. The number of hydrogen-bond donors (Lipinski definition) is 1. The van der Waals surface area contributed by atoms with E-state index in [0.29, 0.717) is 6.42 Å². The summed E-state index contributed by atoms with van der Waals surface area (Å²) in [6.07, 6.45) is 2.21. The SMILES string of the molecule is Cc1ccc(C(Cl)CCC(=O)O)cn1. The highest BCUT2D eigenvalue weighted by Crippen LogP contribution is 2.24. The van der Waals surface area contributed by atoms with Crippen molar-refractivity contribution in [1.29, 1.82) is 0 Å². The maximum atomic E-state index is 10.3. The van der Waals surface area contributed by atoms with Crippen molar-refractivity contribution in [1.82, 2.24) is 4.98 Å². The summed E-state index contributed by atoms with van der Waals surface area (Å²) in [6, 6.07) is 3.74. The molecule has 0 spiro atoms. The molecule has 14 heavy (non-hydrogen) atoms. The molecule has 0 amide bonds. The van der Waals surface area contributed by atoms with Gasteiger partial charge in [-0.15, -0.1) is 11.6 Å². The highest BCUT2D eigenvalue weighted by molar-refractivity contribution is 6.20. The normalized spacial score (nSPS) is 12.4. The molecule has 0 bridgehead atoms. The molecule has 0 aliphatic carbocycles. The van der Waals surface area contributed by atoms with Crippen LogP contribution in [0.4, 0.5) is 0 Å². The van der Waals surface area contributed by atoms with E-state index < -0.39 is 5.97 Å². The number of pyridine rings is 1. The summed E-state index contributed by atoms with van der Waals surface area (Å²) in [4.78, 5) is 14.4. The molecule has 1 N–H and O–H groups in total. The lowest BCUT2D eigenvalue weighted by molar-refractivity contribution is -0.137. The molecule has 1 aromatic rings. The van der Waals surface area contributed by atoms with Crippen LogP contribution in [-0.4, -0.2) is 16.1 Å². The number of carboxylic acids is 1. The minimum atomic E-state index is -0.823. The molecular formula is C10H12ClNO2. The van der Waals surface area contributed by atoms with E-state index in [2.05, 4.69) is 4.98 Å². The number of nitrogens with zero attached hydrogens (tertiary/aromatic N) is 1. The molecule has 0 saturated heterocycles. The second-order valence-electron chi connectivity index (χ2n) is 3.13. The first kappa shape index (κ1) is 11.0. The van der Waals surface area contributed by atoms with Gasteiger partial charge in [0.15, 0.2) is 0 Å². The van der Waals surface area contributed by atoms with Gasteiger partial charge in [0, 0.05) is 18.3 Å². The summed E-state index contributed by atoms with van der Waals surface area (Å²) in [7, 11) is 0. The molecule has 1 rings (SSSR count). The van der Waals surface area contributed by atoms with E-state index in [4.69, 9.17) is 16.7 Å². The highest BCUT2D eigenvalue weighted by Gasteiger charge is 2.09. The summed E-state index contributed by atoms with van der Waals surface area (Å²) in [6.45, 7) is 1.89. The molecule has 0 radical (unpaired) electrons. The number of carbonyl (C=O) groups is 1. The fourth-order valence-corrected chi connectivity index (χ4v) is 1.32. The van der Waals surface area contributed by atoms with E-state index >= 15 is 0 Å². The Bertz CT molecular complexity index is 310. The van der Waals surface area contributed by atoms with Gasteiger partial charge in [0.05, 0.1) is 5.38 Å². The molecule has 0 saturated carbocycles. The summed E-state index contributed by atoms with van der Waals surface area (Å²) < 4.78 is 0. The predicted molar refractivity (Wildman–Crippen MR) is 54.4 cm³/mol. The molecule has 4 heteroatoms. The van der Waals surface area contributed by atoms with Crippen LogP contribution >= 0.6 is 11.6 Å². The van der Waals surface area contributed by atoms with Crippen molar-refractivity contribution in [3.8, 4) is 0 Å². The number of alkyl halides is 1. The standard InChI is InChI=1S/C10H12ClNO2/c1-7-2-3-8(6-12-7)9(11)4-5-10(13)14/h2-3,6,9H,4-5H2,1H3,(H,13,14). The second kappa shape index (κ2) is 4.96. The van der Waals surface area contributed by atoms with Crippen LogP contribution < -0.4 is 0 Å². The Morgan fingerprint density at radius 1 is 1.64 bits per heavy atom. The fourth-order valence-electron chi connectivity index (χ4n) is 1.08. The van der Waals surface area contributed by atoms with Crippen molar-refractivity contribution in [2.24, 2.45) is 0 Å². The van der Waals surface area contributed by atoms with E-state index in [1.165, 1.54) is 0 Å². The maximum absolute atomic E-state index is 10.3. The van der Waals surface area contributed by atoms with Crippen LogP contribution in [0.15, 0.2) is 18.3 Å². The molecule has 1 aromatic heterocycles. The molecule has 1 unspecified atom stereocenters. The van der Waals surface area contributed by atoms with Crippen molar-refractivity contribution in [2.45, 2.75) is 25.1 Å². The highest BCUT2D eigenvalue weighted by atomic mass is 35.5. The number of aromatic nitrogens is 1. The van der Waals surface area contributed by atoms with Crippen LogP contribution in [0.25, 0.3) is 0 Å². The van der Waals surface area contributed by atoms with Crippen molar-refractivity contribution >= 4 is 17.6 Å². The lowest BCUT2D eigenvalue weighted by Gasteiger charge is -2.07. The Labute approximate surface area is 87.7 Å². The molecule has 76 valence electrons. The quantitative estimate of drug-likeness (QED) is 0.782. The van der Waals surface area contributed by atoms with Gasteiger partial charge in [0.2, 0.25) is 0 Å². The van der Waals surface area contributed by atoms with Gasteiger partial charge in [-0.25, -0.2) is 0 Å². The number of halogens is 1. The van der Waals surface area contributed by atoms with Crippen LogP contribution in [-0.2, 0) is 4.79 Å². The lowest BCUT2D eigenvalue weighted by Crippen LogP contribution is -1.99. The lowest BCUT2D eigenvalue weighted by atomic mass is 10.1. The van der Waals surface area contributed by atoms with Crippen molar-refractivity contribution in [3.05, 3.63) is 29.6 Å². The molecule has 0 aromatic carbocycles. The number of rotatable bonds is 4. The van der Waals surface area contributed by atoms with Crippen molar-refractivity contribution in [3.63, 3.8) is 0 Å². The van der Waals surface area contributed by atoms with E-state index in [1.807, 2.05) is 19.1 Å². The second-order valence-corrected chi connectivity index (χ2v) is 3.66. The Morgan fingerprint density at radius 3 is 2.86 bits per heavy atom. The van der Waals surface area contributed by atoms with E-state index in [9.17, 15) is 4.79 Å². The van der Waals surface area contributed by atoms with Gasteiger partial charge in [0.1, 0.15) is 0 Å². The molecule has 3 nitrogen and oxygen atoms in total. The van der Waals surface area contributed by atoms with Gasteiger partial charge in [-0.3, -0.25) is 9.78 Å². The zero-order valence-corrected chi connectivity index (χ0v) is 8.66. The predicted octanol–water partition coefficient (Wildman–Crippen LogP) is 2.53. The minimum absolute atomic E-state index is 0.0854. The average Bonchev–Trinajstić information content (AvgIpc) is 2.15.